The van der Waals surface area contributed by atoms with Crippen LogP contribution >= 0.6 is 11.8 Å². The molecule has 5 heteroatoms. The Hall–Kier alpha value is -1.85. The van der Waals surface area contributed by atoms with Crippen molar-refractivity contribution in [2.75, 3.05) is 0 Å². The molecule has 0 aliphatic carbocycles. The second-order valence-corrected chi connectivity index (χ2v) is 6.07. The summed E-state index contributed by atoms with van der Waals surface area (Å²) >= 11 is 1.54. The lowest BCUT2D eigenvalue weighted by atomic mass is 10.2. The van der Waals surface area contributed by atoms with Gasteiger partial charge in [-0.25, -0.2) is 4.98 Å². The van der Waals surface area contributed by atoms with E-state index in [4.69, 9.17) is 0 Å². The van der Waals surface area contributed by atoms with Gasteiger partial charge in [0.2, 0.25) is 0 Å². The van der Waals surface area contributed by atoms with E-state index < -0.39 is 6.10 Å². The zero-order chi connectivity index (χ0) is 14.8. The minimum absolute atomic E-state index is 0.488. The van der Waals surface area contributed by atoms with Crippen molar-refractivity contribution < 1.29 is 5.11 Å². The minimum Gasteiger partial charge on any atom is -0.387 e. The molecule has 3 aromatic rings. The second-order valence-electron chi connectivity index (χ2n) is 5.01. The number of aliphatic hydroxyl groups excluding tert-OH is 1. The third-order valence-electron chi connectivity index (χ3n) is 3.32. The number of imidazole rings is 1. The molecular weight excluding hydrogens is 282 g/mol. The molecule has 2 heterocycles. The van der Waals surface area contributed by atoms with E-state index in [1.807, 2.05) is 25.1 Å². The van der Waals surface area contributed by atoms with Crippen molar-refractivity contribution in [1.29, 1.82) is 0 Å². The maximum atomic E-state index is 9.74. The predicted molar refractivity (Wildman–Crippen MR) is 84.4 cm³/mol. The highest BCUT2D eigenvalue weighted by molar-refractivity contribution is 7.99. The van der Waals surface area contributed by atoms with Crippen LogP contribution in [-0.4, -0.2) is 20.1 Å². The van der Waals surface area contributed by atoms with Gasteiger partial charge in [-0.3, -0.25) is 4.98 Å². The monoisotopic (exact) mass is 299 g/mol. The van der Waals surface area contributed by atoms with E-state index in [0.29, 0.717) is 12.1 Å². The summed E-state index contributed by atoms with van der Waals surface area (Å²) in [6.07, 6.45) is 1.96. The van der Waals surface area contributed by atoms with Crippen LogP contribution in [0.5, 0.6) is 0 Å². The van der Waals surface area contributed by atoms with Gasteiger partial charge in [-0.1, -0.05) is 24.8 Å². The topological polar surface area (TPSA) is 61.8 Å². The number of nitrogens with one attached hydrogen (secondary N) is 1. The normalized spacial score (nSPS) is 12.7. The van der Waals surface area contributed by atoms with Crippen LogP contribution in [0.15, 0.2) is 46.6 Å². The molecule has 0 aliphatic rings. The van der Waals surface area contributed by atoms with Crippen LogP contribution < -0.4 is 0 Å². The van der Waals surface area contributed by atoms with Crippen molar-refractivity contribution in [2.45, 2.75) is 36.4 Å². The average Bonchev–Trinajstić information content (AvgIpc) is 2.88. The van der Waals surface area contributed by atoms with Crippen molar-refractivity contribution in [3.05, 3.63) is 47.8 Å². The minimum atomic E-state index is -0.488. The van der Waals surface area contributed by atoms with E-state index >= 15 is 0 Å². The molecule has 0 spiro atoms. The van der Waals surface area contributed by atoms with Crippen LogP contribution in [0.1, 0.15) is 30.7 Å². The van der Waals surface area contributed by atoms with Gasteiger partial charge in [-0.05, 0) is 43.2 Å². The van der Waals surface area contributed by atoms with E-state index in [1.165, 1.54) is 17.3 Å². The van der Waals surface area contributed by atoms with Gasteiger partial charge in [0.15, 0.2) is 5.16 Å². The molecule has 1 atom stereocenters. The molecule has 0 unspecified atom stereocenters. The first-order valence-electron chi connectivity index (χ1n) is 6.94. The Morgan fingerprint density at radius 2 is 2.14 bits per heavy atom. The fraction of sp³-hybridized carbons (Fsp3) is 0.250. The van der Waals surface area contributed by atoms with Gasteiger partial charge < -0.3 is 10.1 Å². The SMILES string of the molecule is CC[C@H](O)c1ccc(Sc2nc3ccc(C)cc3[nH]2)cn1. The Morgan fingerprint density at radius 1 is 1.29 bits per heavy atom. The van der Waals surface area contributed by atoms with Crippen LogP contribution in [0.4, 0.5) is 0 Å². The molecular formula is C16H17N3OS. The molecule has 0 radical (unpaired) electrons. The average molecular weight is 299 g/mol. The Kier molecular flexibility index (Phi) is 3.94. The standard InChI is InChI=1S/C16H17N3OS/c1-3-15(20)13-7-5-11(9-17-13)21-16-18-12-6-4-10(2)8-14(12)19-16/h4-9,15,20H,3H2,1-2H3,(H,18,19)/t15-/m0/s1. The number of rotatable bonds is 4. The lowest BCUT2D eigenvalue weighted by molar-refractivity contribution is 0.169. The molecule has 1 aromatic carbocycles. The molecule has 0 saturated carbocycles. The summed E-state index contributed by atoms with van der Waals surface area (Å²) in [5.74, 6) is 0. The molecule has 0 bridgehead atoms. The van der Waals surface area contributed by atoms with Gasteiger partial charge >= 0.3 is 0 Å². The number of hydrogen-bond acceptors (Lipinski definition) is 4. The van der Waals surface area contributed by atoms with Crippen LogP contribution in [-0.2, 0) is 0 Å². The summed E-state index contributed by atoms with van der Waals surface area (Å²) < 4.78 is 0. The van der Waals surface area contributed by atoms with Gasteiger partial charge in [0, 0.05) is 11.1 Å². The van der Waals surface area contributed by atoms with Gasteiger partial charge in [-0.15, -0.1) is 0 Å². The first-order valence-corrected chi connectivity index (χ1v) is 7.75. The molecule has 21 heavy (non-hydrogen) atoms. The molecule has 2 N–H and O–H groups in total. The summed E-state index contributed by atoms with van der Waals surface area (Å²) in [5.41, 5.74) is 3.93. The van der Waals surface area contributed by atoms with Crippen molar-refractivity contribution in [1.82, 2.24) is 15.0 Å². The van der Waals surface area contributed by atoms with Gasteiger partial charge in [0.1, 0.15) is 0 Å². The number of aryl methyl sites for hydroxylation is 1. The van der Waals surface area contributed by atoms with E-state index in [1.54, 1.807) is 6.20 Å². The van der Waals surface area contributed by atoms with E-state index in [9.17, 15) is 5.11 Å². The highest BCUT2D eigenvalue weighted by Crippen LogP contribution is 2.27. The third-order valence-corrected chi connectivity index (χ3v) is 4.18. The first kappa shape index (κ1) is 14.1. The molecule has 3 rings (SSSR count). The van der Waals surface area contributed by atoms with Crippen molar-refractivity contribution in [3.8, 4) is 0 Å². The number of benzene rings is 1. The Labute approximate surface area is 127 Å². The zero-order valence-electron chi connectivity index (χ0n) is 12.0. The number of aliphatic hydroxyl groups is 1. The van der Waals surface area contributed by atoms with Crippen LogP contribution in [0.2, 0.25) is 0 Å². The van der Waals surface area contributed by atoms with E-state index in [-0.39, 0.29) is 0 Å². The lowest BCUT2D eigenvalue weighted by Gasteiger charge is -2.06. The smallest absolute Gasteiger partial charge is 0.171 e. The quantitative estimate of drug-likeness (QED) is 0.768. The molecule has 108 valence electrons. The molecule has 0 saturated heterocycles. The first-order chi connectivity index (χ1) is 10.2. The van der Waals surface area contributed by atoms with Crippen LogP contribution in [0.3, 0.4) is 0 Å². The summed E-state index contributed by atoms with van der Waals surface area (Å²) in [6.45, 7) is 4.00. The molecule has 4 nitrogen and oxygen atoms in total. The molecule has 0 aliphatic heterocycles. The zero-order valence-corrected chi connectivity index (χ0v) is 12.8. The largest absolute Gasteiger partial charge is 0.387 e. The van der Waals surface area contributed by atoms with E-state index in [0.717, 1.165) is 21.1 Å². The van der Waals surface area contributed by atoms with Crippen molar-refractivity contribution in [3.63, 3.8) is 0 Å². The molecule has 0 amide bonds. The summed E-state index contributed by atoms with van der Waals surface area (Å²) in [7, 11) is 0. The number of fused-ring (bicyclic) bond motifs is 1. The number of nitrogens with zero attached hydrogens (tertiary/aromatic N) is 2. The van der Waals surface area contributed by atoms with E-state index in [2.05, 4.69) is 34.0 Å². The number of pyridine rings is 1. The molecule has 0 fully saturated rings. The highest BCUT2D eigenvalue weighted by atomic mass is 32.2. The number of hydrogen-bond donors (Lipinski definition) is 2. The second kappa shape index (κ2) is 5.87. The Bertz CT molecular complexity index is 752. The maximum absolute atomic E-state index is 9.74. The fourth-order valence-corrected chi connectivity index (χ4v) is 2.89. The maximum Gasteiger partial charge on any atom is 0.171 e. The third kappa shape index (κ3) is 3.09. The predicted octanol–water partition coefficient (Wildman–Crippen LogP) is 3.86. The van der Waals surface area contributed by atoms with Gasteiger partial charge in [0.05, 0.1) is 22.8 Å². The van der Waals surface area contributed by atoms with Crippen LogP contribution in [0.25, 0.3) is 11.0 Å². The van der Waals surface area contributed by atoms with Crippen molar-refractivity contribution >= 4 is 22.8 Å². The summed E-state index contributed by atoms with van der Waals surface area (Å²) in [5, 5.41) is 10.6. The Morgan fingerprint density at radius 3 is 2.86 bits per heavy atom. The number of aromatic amines is 1. The lowest BCUT2D eigenvalue weighted by Crippen LogP contribution is -1.97. The van der Waals surface area contributed by atoms with Gasteiger partial charge in [0.25, 0.3) is 0 Å². The number of H-pyrrole nitrogens is 1. The highest BCUT2D eigenvalue weighted by Gasteiger charge is 2.08. The van der Waals surface area contributed by atoms with Crippen molar-refractivity contribution in [2.24, 2.45) is 0 Å². The molecule has 2 aromatic heterocycles. The summed E-state index contributed by atoms with van der Waals surface area (Å²) in [6, 6.07) is 9.99. The van der Waals surface area contributed by atoms with Crippen LogP contribution in [0, 0.1) is 6.92 Å². The van der Waals surface area contributed by atoms with Gasteiger partial charge in [-0.2, -0.15) is 0 Å². The fourth-order valence-electron chi connectivity index (χ4n) is 2.12. The summed E-state index contributed by atoms with van der Waals surface area (Å²) in [4.78, 5) is 13.2. The number of aromatic nitrogens is 3. The Balaban J connectivity index is 1.81.